The molecule has 0 spiro atoms. The molecule has 0 unspecified atom stereocenters. The summed E-state index contributed by atoms with van der Waals surface area (Å²) in [5, 5.41) is 9.01. The second-order valence-corrected chi connectivity index (χ2v) is 5.83. The molecule has 0 aliphatic heterocycles. The molecule has 1 aromatic carbocycles. The third-order valence-corrected chi connectivity index (χ3v) is 4.23. The lowest BCUT2D eigenvalue weighted by atomic mass is 10.4. The van der Waals surface area contributed by atoms with Crippen LogP contribution in [0.5, 0.6) is 0 Å². The number of nitrogens with zero attached hydrogens (tertiary/aromatic N) is 2. The topological polar surface area (TPSA) is 61.2 Å². The number of hydrogen-bond acceptors (Lipinski definition) is 3. The Kier molecular flexibility index (Phi) is 4.94. The molecule has 0 fully saturated rings. The molecule has 0 saturated carbocycles. The minimum absolute atomic E-state index is 0.119. The molecule has 0 atom stereocenters. The molecule has 4 nitrogen and oxygen atoms in total. The molecule has 0 aromatic heterocycles. The summed E-state index contributed by atoms with van der Waals surface area (Å²) in [5.41, 5.74) is 0. The SMILES string of the molecule is CCCN(CC#N)S(=O)(=O)c1cccc(Cl)c1. The number of nitriles is 1. The van der Waals surface area contributed by atoms with Crippen molar-refractivity contribution in [1.29, 1.82) is 5.26 Å². The summed E-state index contributed by atoms with van der Waals surface area (Å²) in [4.78, 5) is 0.119. The predicted molar refractivity (Wildman–Crippen MR) is 66.1 cm³/mol. The molecule has 1 rings (SSSR count). The summed E-state index contributed by atoms with van der Waals surface area (Å²) in [7, 11) is -3.62. The van der Waals surface area contributed by atoms with Gasteiger partial charge in [-0.1, -0.05) is 24.6 Å². The highest BCUT2D eigenvalue weighted by molar-refractivity contribution is 7.89. The van der Waals surface area contributed by atoms with Crippen molar-refractivity contribution in [2.24, 2.45) is 0 Å². The summed E-state index contributed by atoms with van der Waals surface area (Å²) >= 11 is 5.76. The Morgan fingerprint density at radius 3 is 2.71 bits per heavy atom. The molecule has 17 heavy (non-hydrogen) atoms. The van der Waals surface area contributed by atoms with Crippen LogP contribution in [0.4, 0.5) is 0 Å². The predicted octanol–water partition coefficient (Wildman–Crippen LogP) is 2.26. The average Bonchev–Trinajstić information content (AvgIpc) is 2.29. The van der Waals surface area contributed by atoms with Gasteiger partial charge in [0.1, 0.15) is 6.54 Å². The van der Waals surface area contributed by atoms with E-state index in [9.17, 15) is 8.42 Å². The number of hydrogen-bond donors (Lipinski definition) is 0. The van der Waals surface area contributed by atoms with Crippen LogP contribution in [0.3, 0.4) is 0 Å². The minimum atomic E-state index is -3.62. The highest BCUT2D eigenvalue weighted by Crippen LogP contribution is 2.19. The molecule has 0 aliphatic carbocycles. The Morgan fingerprint density at radius 1 is 1.47 bits per heavy atom. The smallest absolute Gasteiger partial charge is 0.207 e. The van der Waals surface area contributed by atoms with Gasteiger partial charge in [-0.2, -0.15) is 9.57 Å². The molecule has 0 bridgehead atoms. The minimum Gasteiger partial charge on any atom is -0.207 e. The summed E-state index contributed by atoms with van der Waals surface area (Å²) in [5.74, 6) is 0. The van der Waals surface area contributed by atoms with Gasteiger partial charge >= 0.3 is 0 Å². The van der Waals surface area contributed by atoms with Crippen LogP contribution in [-0.2, 0) is 10.0 Å². The van der Waals surface area contributed by atoms with Gasteiger partial charge in [-0.05, 0) is 24.6 Å². The van der Waals surface area contributed by atoms with Crippen LogP contribution in [0.1, 0.15) is 13.3 Å². The first-order valence-corrected chi connectivity index (χ1v) is 6.97. The zero-order valence-corrected chi connectivity index (χ0v) is 11.0. The lowest BCUT2D eigenvalue weighted by Crippen LogP contribution is -2.32. The van der Waals surface area contributed by atoms with Crippen LogP contribution in [0.2, 0.25) is 5.02 Å². The maximum absolute atomic E-state index is 12.2. The van der Waals surface area contributed by atoms with Crippen molar-refractivity contribution in [3.05, 3.63) is 29.3 Å². The molecule has 0 heterocycles. The first-order chi connectivity index (χ1) is 8.02. The summed E-state index contributed by atoms with van der Waals surface area (Å²) in [6, 6.07) is 7.90. The fourth-order valence-corrected chi connectivity index (χ4v) is 3.12. The fraction of sp³-hybridized carbons (Fsp3) is 0.364. The van der Waals surface area contributed by atoms with Crippen molar-refractivity contribution in [1.82, 2.24) is 4.31 Å². The Bertz CT molecular complexity index is 523. The van der Waals surface area contributed by atoms with E-state index in [0.29, 0.717) is 18.0 Å². The summed E-state index contributed by atoms with van der Waals surface area (Å²) in [6.45, 7) is 2.03. The third kappa shape index (κ3) is 3.43. The van der Waals surface area contributed by atoms with Gasteiger partial charge in [0.05, 0.1) is 11.0 Å². The van der Waals surface area contributed by atoms with E-state index in [4.69, 9.17) is 16.9 Å². The third-order valence-electron chi connectivity index (χ3n) is 2.15. The summed E-state index contributed by atoms with van der Waals surface area (Å²) in [6.07, 6.45) is 0.654. The van der Waals surface area contributed by atoms with Crippen molar-refractivity contribution >= 4 is 21.6 Å². The van der Waals surface area contributed by atoms with Crippen LogP contribution >= 0.6 is 11.6 Å². The van der Waals surface area contributed by atoms with Gasteiger partial charge < -0.3 is 0 Å². The zero-order chi connectivity index (χ0) is 12.9. The normalized spacial score (nSPS) is 11.4. The molecular weight excluding hydrogens is 260 g/mol. The van der Waals surface area contributed by atoms with E-state index in [1.54, 1.807) is 12.1 Å². The average molecular weight is 273 g/mol. The number of rotatable bonds is 5. The number of halogens is 1. The Balaban J connectivity index is 3.12. The van der Waals surface area contributed by atoms with E-state index in [0.717, 1.165) is 4.31 Å². The molecule has 6 heteroatoms. The van der Waals surface area contributed by atoms with Crippen molar-refractivity contribution in [2.75, 3.05) is 13.1 Å². The van der Waals surface area contributed by atoms with Gasteiger partial charge in [-0.25, -0.2) is 8.42 Å². The van der Waals surface area contributed by atoms with Crippen LogP contribution in [-0.4, -0.2) is 25.8 Å². The highest BCUT2D eigenvalue weighted by atomic mass is 35.5. The van der Waals surface area contributed by atoms with Crippen LogP contribution in [0, 0.1) is 11.3 Å². The van der Waals surface area contributed by atoms with E-state index >= 15 is 0 Å². The molecular formula is C11H13ClN2O2S. The maximum Gasteiger partial charge on any atom is 0.244 e. The lowest BCUT2D eigenvalue weighted by Gasteiger charge is -2.18. The van der Waals surface area contributed by atoms with E-state index < -0.39 is 10.0 Å². The molecule has 0 radical (unpaired) electrons. The van der Waals surface area contributed by atoms with Crippen molar-refractivity contribution in [3.63, 3.8) is 0 Å². The van der Waals surface area contributed by atoms with Crippen molar-refractivity contribution < 1.29 is 8.42 Å². The quantitative estimate of drug-likeness (QED) is 0.773. The van der Waals surface area contributed by atoms with E-state index in [-0.39, 0.29) is 11.4 Å². The van der Waals surface area contributed by atoms with Gasteiger partial charge in [-0.15, -0.1) is 0 Å². The number of benzene rings is 1. The zero-order valence-electron chi connectivity index (χ0n) is 9.43. The Labute approximate surface area is 106 Å². The Hall–Kier alpha value is -1.09. The standard InChI is InChI=1S/C11H13ClN2O2S/c1-2-7-14(8-6-13)17(15,16)11-5-3-4-10(12)9-11/h3-5,9H,2,7-8H2,1H3. The van der Waals surface area contributed by atoms with Crippen molar-refractivity contribution in [3.8, 4) is 6.07 Å². The van der Waals surface area contributed by atoms with Gasteiger partial charge in [0.2, 0.25) is 10.0 Å². The number of sulfonamides is 1. The van der Waals surface area contributed by atoms with E-state index in [1.165, 1.54) is 12.1 Å². The molecule has 1 aromatic rings. The molecule has 0 amide bonds. The second-order valence-electron chi connectivity index (χ2n) is 3.45. The summed E-state index contributed by atoms with van der Waals surface area (Å²) < 4.78 is 25.5. The van der Waals surface area contributed by atoms with E-state index in [1.807, 2.05) is 13.0 Å². The molecule has 0 N–H and O–H groups in total. The van der Waals surface area contributed by atoms with Crippen LogP contribution in [0.25, 0.3) is 0 Å². The Morgan fingerprint density at radius 2 is 2.18 bits per heavy atom. The fourth-order valence-electron chi connectivity index (χ4n) is 1.39. The van der Waals surface area contributed by atoms with Gasteiger partial charge in [0, 0.05) is 11.6 Å². The highest BCUT2D eigenvalue weighted by Gasteiger charge is 2.23. The van der Waals surface area contributed by atoms with Gasteiger partial charge in [0.25, 0.3) is 0 Å². The second kappa shape index (κ2) is 6.01. The van der Waals surface area contributed by atoms with Crippen LogP contribution in [0.15, 0.2) is 29.2 Å². The largest absolute Gasteiger partial charge is 0.244 e. The van der Waals surface area contributed by atoms with Crippen LogP contribution < -0.4 is 0 Å². The first kappa shape index (κ1) is 14.0. The van der Waals surface area contributed by atoms with Gasteiger partial charge in [-0.3, -0.25) is 0 Å². The van der Waals surface area contributed by atoms with E-state index in [2.05, 4.69) is 0 Å². The maximum atomic E-state index is 12.2. The van der Waals surface area contributed by atoms with Gasteiger partial charge in [0.15, 0.2) is 0 Å². The molecule has 0 saturated heterocycles. The van der Waals surface area contributed by atoms with Crippen molar-refractivity contribution in [2.45, 2.75) is 18.2 Å². The monoisotopic (exact) mass is 272 g/mol. The molecule has 0 aliphatic rings. The first-order valence-electron chi connectivity index (χ1n) is 5.15. The molecule has 92 valence electrons. The lowest BCUT2D eigenvalue weighted by molar-refractivity contribution is 0.444.